The average molecular weight is 181 g/mol. The van der Waals surface area contributed by atoms with Gasteiger partial charge in [-0.15, -0.1) is 0 Å². The SMILES string of the molecule is OCCC(F)(F)N1CCOCC1. The number of hydrogen-bond donors (Lipinski definition) is 1. The summed E-state index contributed by atoms with van der Waals surface area (Å²) in [5.41, 5.74) is 0. The average Bonchev–Trinajstić information content (AvgIpc) is 2.06. The number of rotatable bonds is 3. The Labute approximate surface area is 69.9 Å². The first kappa shape index (κ1) is 9.83. The van der Waals surface area contributed by atoms with Crippen molar-refractivity contribution >= 4 is 0 Å². The first-order valence-corrected chi connectivity index (χ1v) is 3.98. The maximum Gasteiger partial charge on any atom is 0.307 e. The maximum absolute atomic E-state index is 13.0. The fourth-order valence-corrected chi connectivity index (χ4v) is 1.18. The first-order valence-electron chi connectivity index (χ1n) is 3.98. The van der Waals surface area contributed by atoms with Crippen LogP contribution in [0.15, 0.2) is 0 Å². The van der Waals surface area contributed by atoms with Gasteiger partial charge in [0.25, 0.3) is 0 Å². The number of hydrogen-bond acceptors (Lipinski definition) is 3. The molecule has 0 aromatic heterocycles. The fraction of sp³-hybridized carbons (Fsp3) is 1.00. The smallest absolute Gasteiger partial charge is 0.307 e. The topological polar surface area (TPSA) is 32.7 Å². The van der Waals surface area contributed by atoms with Crippen molar-refractivity contribution in [3.05, 3.63) is 0 Å². The lowest BCUT2D eigenvalue weighted by Crippen LogP contribution is -2.48. The van der Waals surface area contributed by atoms with Crippen LogP contribution in [-0.4, -0.2) is 49.0 Å². The minimum atomic E-state index is -2.88. The summed E-state index contributed by atoms with van der Waals surface area (Å²) in [6.45, 7) is 0.701. The van der Waals surface area contributed by atoms with Crippen LogP contribution < -0.4 is 0 Å². The summed E-state index contributed by atoms with van der Waals surface area (Å²) in [5.74, 6) is 0. The minimum Gasteiger partial charge on any atom is -0.396 e. The minimum absolute atomic E-state index is 0.243. The number of alkyl halides is 2. The highest BCUT2D eigenvalue weighted by Gasteiger charge is 2.36. The lowest BCUT2D eigenvalue weighted by molar-refractivity contribution is -0.180. The van der Waals surface area contributed by atoms with Crippen LogP contribution >= 0.6 is 0 Å². The lowest BCUT2D eigenvalue weighted by atomic mass is 10.3. The van der Waals surface area contributed by atoms with E-state index in [0.29, 0.717) is 13.2 Å². The van der Waals surface area contributed by atoms with Gasteiger partial charge in [0, 0.05) is 19.5 Å². The number of halogens is 2. The Kier molecular flexibility index (Phi) is 3.37. The molecule has 0 unspecified atom stereocenters. The molecule has 1 rings (SSSR count). The van der Waals surface area contributed by atoms with Crippen LogP contribution in [0.4, 0.5) is 8.78 Å². The van der Waals surface area contributed by atoms with Gasteiger partial charge in [0.05, 0.1) is 19.8 Å². The van der Waals surface area contributed by atoms with Gasteiger partial charge in [0.15, 0.2) is 0 Å². The van der Waals surface area contributed by atoms with Gasteiger partial charge in [-0.25, -0.2) is 4.90 Å². The van der Waals surface area contributed by atoms with Crippen LogP contribution in [0.5, 0.6) is 0 Å². The fourth-order valence-electron chi connectivity index (χ4n) is 1.18. The summed E-state index contributed by atoms with van der Waals surface area (Å²) in [7, 11) is 0. The second-order valence-electron chi connectivity index (χ2n) is 2.74. The molecule has 1 aliphatic heterocycles. The molecule has 0 bridgehead atoms. The zero-order valence-corrected chi connectivity index (χ0v) is 6.80. The molecule has 0 spiro atoms. The van der Waals surface area contributed by atoms with Gasteiger partial charge < -0.3 is 9.84 Å². The van der Waals surface area contributed by atoms with Crippen LogP contribution in [0.1, 0.15) is 6.42 Å². The van der Waals surface area contributed by atoms with Crippen molar-refractivity contribution in [1.82, 2.24) is 4.90 Å². The molecule has 72 valence electrons. The van der Waals surface area contributed by atoms with Crippen LogP contribution in [0.2, 0.25) is 0 Å². The van der Waals surface area contributed by atoms with Gasteiger partial charge in [0.2, 0.25) is 0 Å². The molecule has 1 saturated heterocycles. The molecule has 0 amide bonds. The molecular weight excluding hydrogens is 168 g/mol. The van der Waals surface area contributed by atoms with Gasteiger partial charge in [-0.3, -0.25) is 0 Å². The summed E-state index contributed by atoms with van der Waals surface area (Å²) in [5, 5.41) is 8.39. The normalized spacial score (nSPS) is 21.2. The molecule has 0 atom stereocenters. The van der Waals surface area contributed by atoms with E-state index in [1.165, 1.54) is 0 Å². The Hall–Kier alpha value is -0.260. The number of aliphatic hydroxyl groups is 1. The third-order valence-electron chi connectivity index (χ3n) is 1.89. The Balaban J connectivity index is 2.41. The highest BCUT2D eigenvalue weighted by Crippen LogP contribution is 2.23. The van der Waals surface area contributed by atoms with Crippen LogP contribution in [0.25, 0.3) is 0 Å². The van der Waals surface area contributed by atoms with Gasteiger partial charge in [-0.2, -0.15) is 8.78 Å². The van der Waals surface area contributed by atoms with Crippen molar-refractivity contribution in [1.29, 1.82) is 0 Å². The molecule has 1 N–H and O–H groups in total. The standard InChI is InChI=1S/C7H13F2NO2/c8-7(9,1-4-11)10-2-5-12-6-3-10/h11H,1-6H2. The van der Waals surface area contributed by atoms with E-state index < -0.39 is 19.1 Å². The van der Waals surface area contributed by atoms with E-state index in [2.05, 4.69) is 0 Å². The van der Waals surface area contributed by atoms with Crippen LogP contribution in [0.3, 0.4) is 0 Å². The van der Waals surface area contributed by atoms with Crippen LogP contribution in [-0.2, 0) is 4.74 Å². The van der Waals surface area contributed by atoms with Gasteiger partial charge >= 0.3 is 6.05 Å². The van der Waals surface area contributed by atoms with E-state index in [1.54, 1.807) is 0 Å². The summed E-state index contributed by atoms with van der Waals surface area (Å²) in [6, 6.07) is -2.88. The number of ether oxygens (including phenoxy) is 1. The van der Waals surface area contributed by atoms with E-state index >= 15 is 0 Å². The quantitative estimate of drug-likeness (QED) is 0.635. The molecule has 0 aromatic carbocycles. The van der Waals surface area contributed by atoms with Crippen molar-refractivity contribution < 1.29 is 18.6 Å². The zero-order chi connectivity index (χ0) is 9.03. The molecule has 5 heteroatoms. The Morgan fingerprint density at radius 3 is 2.42 bits per heavy atom. The Morgan fingerprint density at radius 1 is 1.33 bits per heavy atom. The molecule has 0 aromatic rings. The first-order chi connectivity index (χ1) is 5.67. The van der Waals surface area contributed by atoms with Crippen molar-refractivity contribution in [2.45, 2.75) is 12.5 Å². The van der Waals surface area contributed by atoms with Gasteiger partial charge in [-0.1, -0.05) is 0 Å². The maximum atomic E-state index is 13.0. The van der Waals surface area contributed by atoms with Crippen molar-refractivity contribution in [3.8, 4) is 0 Å². The predicted molar refractivity (Wildman–Crippen MR) is 39.0 cm³/mol. The highest BCUT2D eigenvalue weighted by atomic mass is 19.3. The molecule has 0 saturated carbocycles. The third kappa shape index (κ3) is 2.36. The van der Waals surface area contributed by atoms with Crippen LogP contribution in [0, 0.1) is 0 Å². The molecule has 1 heterocycles. The molecule has 1 fully saturated rings. The predicted octanol–water partition coefficient (Wildman–Crippen LogP) is 0.294. The van der Waals surface area contributed by atoms with Gasteiger partial charge in [0.1, 0.15) is 0 Å². The summed E-state index contributed by atoms with van der Waals surface area (Å²) < 4.78 is 31.0. The summed E-state index contributed by atoms with van der Waals surface area (Å²) in [4.78, 5) is 1.05. The van der Waals surface area contributed by atoms with E-state index in [4.69, 9.17) is 9.84 Å². The van der Waals surface area contributed by atoms with Crippen molar-refractivity contribution in [2.24, 2.45) is 0 Å². The Bertz CT molecular complexity index is 137. The van der Waals surface area contributed by atoms with E-state index in [0.717, 1.165) is 4.90 Å². The molecule has 0 radical (unpaired) electrons. The third-order valence-corrected chi connectivity index (χ3v) is 1.89. The largest absolute Gasteiger partial charge is 0.396 e. The van der Waals surface area contributed by atoms with E-state index in [-0.39, 0.29) is 13.1 Å². The van der Waals surface area contributed by atoms with Gasteiger partial charge in [-0.05, 0) is 0 Å². The summed E-state index contributed by atoms with van der Waals surface area (Å²) in [6.07, 6.45) is -0.493. The number of morpholine rings is 1. The lowest BCUT2D eigenvalue weighted by Gasteiger charge is -2.33. The molecule has 12 heavy (non-hydrogen) atoms. The van der Waals surface area contributed by atoms with E-state index in [9.17, 15) is 8.78 Å². The van der Waals surface area contributed by atoms with E-state index in [1.807, 2.05) is 0 Å². The number of aliphatic hydroxyl groups excluding tert-OH is 1. The highest BCUT2D eigenvalue weighted by molar-refractivity contribution is 4.71. The second-order valence-corrected chi connectivity index (χ2v) is 2.74. The molecule has 1 aliphatic rings. The Morgan fingerprint density at radius 2 is 1.92 bits per heavy atom. The van der Waals surface area contributed by atoms with Crippen molar-refractivity contribution in [3.63, 3.8) is 0 Å². The zero-order valence-electron chi connectivity index (χ0n) is 6.80. The monoisotopic (exact) mass is 181 g/mol. The van der Waals surface area contributed by atoms with Crippen molar-refractivity contribution in [2.75, 3.05) is 32.9 Å². The second kappa shape index (κ2) is 4.11. The molecule has 0 aliphatic carbocycles. The summed E-state index contributed by atoms with van der Waals surface area (Å²) >= 11 is 0. The number of nitrogens with zero attached hydrogens (tertiary/aromatic N) is 1. The molecule has 3 nitrogen and oxygen atoms in total. The molecular formula is C7H13F2NO2.